The van der Waals surface area contributed by atoms with Gasteiger partial charge >= 0.3 is 5.69 Å². The molecule has 6 heteroatoms. The molecule has 1 fully saturated rings. The molecule has 1 aliphatic rings. The zero-order valence-corrected chi connectivity index (χ0v) is 11.3. The van der Waals surface area contributed by atoms with Crippen LogP contribution in [0.15, 0.2) is 18.2 Å². The van der Waals surface area contributed by atoms with E-state index < -0.39 is 10.5 Å². The molecule has 0 atom stereocenters. The van der Waals surface area contributed by atoms with Crippen molar-refractivity contribution in [2.75, 3.05) is 18.0 Å². The van der Waals surface area contributed by atoms with Crippen molar-refractivity contribution in [1.29, 1.82) is 0 Å². The van der Waals surface area contributed by atoms with Crippen molar-refractivity contribution in [1.82, 2.24) is 0 Å². The summed E-state index contributed by atoms with van der Waals surface area (Å²) in [5, 5.41) is 20.7. The zero-order valence-electron chi connectivity index (χ0n) is 11.3. The summed E-state index contributed by atoms with van der Waals surface area (Å²) in [6.45, 7) is 6.45. The summed E-state index contributed by atoms with van der Waals surface area (Å²) in [6.07, 6.45) is -0.131. The number of nitrogens with zero attached hydrogens (tertiary/aromatic N) is 2. The highest BCUT2D eigenvalue weighted by Crippen LogP contribution is 2.35. The number of benzene rings is 1. The summed E-state index contributed by atoms with van der Waals surface area (Å²) in [5.74, 6) is 0.268. The maximum absolute atomic E-state index is 10.9. The first kappa shape index (κ1) is 13.6. The van der Waals surface area contributed by atoms with Crippen LogP contribution in [0.4, 0.5) is 11.4 Å². The van der Waals surface area contributed by atoms with Gasteiger partial charge in [-0.3, -0.25) is 10.1 Å². The predicted octanol–water partition coefficient (Wildman–Crippen LogP) is 1.95. The molecule has 104 valence electrons. The van der Waals surface area contributed by atoms with Gasteiger partial charge in [-0.05, 0) is 26.8 Å². The highest BCUT2D eigenvalue weighted by Gasteiger charge is 2.37. The van der Waals surface area contributed by atoms with Crippen molar-refractivity contribution in [2.45, 2.75) is 32.5 Å². The van der Waals surface area contributed by atoms with Gasteiger partial charge in [-0.15, -0.1) is 0 Å². The smallest absolute Gasteiger partial charge is 0.311 e. The van der Waals surface area contributed by atoms with Crippen LogP contribution in [-0.2, 0) is 0 Å². The van der Waals surface area contributed by atoms with E-state index in [0.717, 1.165) is 5.69 Å². The van der Waals surface area contributed by atoms with Gasteiger partial charge in [-0.1, -0.05) is 0 Å². The number of anilines is 1. The van der Waals surface area contributed by atoms with Crippen LogP contribution >= 0.6 is 0 Å². The molecular weight excluding hydrogens is 248 g/mol. The molecule has 0 unspecified atom stereocenters. The number of rotatable bonds is 4. The molecule has 1 aromatic rings. The highest BCUT2D eigenvalue weighted by molar-refractivity contribution is 5.61. The molecule has 1 N–H and O–H groups in total. The fourth-order valence-electron chi connectivity index (χ4n) is 2.16. The lowest BCUT2D eigenvalue weighted by Gasteiger charge is -2.45. The maximum atomic E-state index is 10.9. The van der Waals surface area contributed by atoms with E-state index in [1.165, 1.54) is 6.07 Å². The van der Waals surface area contributed by atoms with Crippen LogP contribution in [0.1, 0.15) is 20.8 Å². The second kappa shape index (κ2) is 4.70. The van der Waals surface area contributed by atoms with Crippen molar-refractivity contribution in [3.8, 4) is 5.75 Å². The van der Waals surface area contributed by atoms with Crippen LogP contribution in [0.5, 0.6) is 5.75 Å². The van der Waals surface area contributed by atoms with Crippen molar-refractivity contribution < 1.29 is 14.8 Å². The summed E-state index contributed by atoms with van der Waals surface area (Å²) >= 11 is 0. The van der Waals surface area contributed by atoms with Crippen LogP contribution in [0.25, 0.3) is 0 Å². The first-order valence-corrected chi connectivity index (χ1v) is 6.21. The predicted molar refractivity (Wildman–Crippen MR) is 71.7 cm³/mol. The van der Waals surface area contributed by atoms with Gasteiger partial charge in [0.1, 0.15) is 0 Å². The summed E-state index contributed by atoms with van der Waals surface area (Å²) in [7, 11) is 0. The number of aliphatic hydroxyl groups is 1. The molecule has 0 amide bonds. The van der Waals surface area contributed by atoms with Crippen LogP contribution in [-0.4, -0.2) is 34.8 Å². The minimum absolute atomic E-state index is 0.0373. The Morgan fingerprint density at radius 2 is 2.11 bits per heavy atom. The number of hydrogen-bond acceptors (Lipinski definition) is 5. The minimum atomic E-state index is -0.680. The van der Waals surface area contributed by atoms with Gasteiger partial charge in [0.15, 0.2) is 5.75 Å². The minimum Gasteiger partial charge on any atom is -0.484 e. The van der Waals surface area contributed by atoms with Gasteiger partial charge in [0.25, 0.3) is 0 Å². The van der Waals surface area contributed by atoms with E-state index in [1.54, 1.807) is 19.1 Å². The number of nitro benzene ring substituents is 1. The zero-order chi connectivity index (χ0) is 14.2. The Balaban J connectivity index is 2.25. The van der Waals surface area contributed by atoms with Crippen molar-refractivity contribution in [2.24, 2.45) is 0 Å². The fraction of sp³-hybridized carbons (Fsp3) is 0.538. The molecule has 0 spiro atoms. The Kier molecular flexibility index (Phi) is 3.36. The monoisotopic (exact) mass is 266 g/mol. The van der Waals surface area contributed by atoms with Crippen molar-refractivity contribution in [3.05, 3.63) is 28.3 Å². The maximum Gasteiger partial charge on any atom is 0.311 e. The average molecular weight is 266 g/mol. The standard InChI is InChI=1S/C13H18N2O4/c1-9(2)19-12-6-10(4-5-11(12)15(17)18)14-7-13(3,16)8-14/h4-6,9,16H,7-8H2,1-3H3. The molecule has 1 aliphatic heterocycles. The molecule has 1 heterocycles. The summed E-state index contributed by atoms with van der Waals surface area (Å²) in [5.41, 5.74) is 0.110. The van der Waals surface area contributed by atoms with E-state index in [4.69, 9.17) is 4.74 Å². The number of ether oxygens (including phenoxy) is 1. The molecule has 2 rings (SSSR count). The Morgan fingerprint density at radius 1 is 1.47 bits per heavy atom. The molecule has 6 nitrogen and oxygen atoms in total. The largest absolute Gasteiger partial charge is 0.484 e. The van der Waals surface area contributed by atoms with Gasteiger partial charge in [0.05, 0.1) is 16.6 Å². The Bertz CT molecular complexity index is 491. The van der Waals surface area contributed by atoms with E-state index in [2.05, 4.69) is 0 Å². The van der Waals surface area contributed by atoms with E-state index in [-0.39, 0.29) is 17.5 Å². The average Bonchev–Trinajstić information content (AvgIpc) is 2.24. The number of hydrogen-bond donors (Lipinski definition) is 1. The van der Waals surface area contributed by atoms with E-state index in [9.17, 15) is 15.2 Å². The quantitative estimate of drug-likeness (QED) is 0.666. The fourth-order valence-corrected chi connectivity index (χ4v) is 2.16. The van der Waals surface area contributed by atoms with Gasteiger partial charge in [0, 0.05) is 30.9 Å². The number of nitro groups is 1. The Hall–Kier alpha value is -1.82. The van der Waals surface area contributed by atoms with Gasteiger partial charge in [-0.2, -0.15) is 0 Å². The topological polar surface area (TPSA) is 75.8 Å². The molecular formula is C13H18N2O4. The highest BCUT2D eigenvalue weighted by atomic mass is 16.6. The lowest BCUT2D eigenvalue weighted by molar-refractivity contribution is -0.386. The molecule has 0 aliphatic carbocycles. The molecule has 0 aromatic heterocycles. The van der Waals surface area contributed by atoms with Gasteiger partial charge < -0.3 is 14.7 Å². The lowest BCUT2D eigenvalue weighted by Crippen LogP contribution is -2.60. The van der Waals surface area contributed by atoms with E-state index in [1.807, 2.05) is 18.7 Å². The Labute approximate surface area is 111 Å². The van der Waals surface area contributed by atoms with Crippen LogP contribution in [0.2, 0.25) is 0 Å². The molecule has 0 radical (unpaired) electrons. The van der Waals surface area contributed by atoms with Gasteiger partial charge in [-0.25, -0.2) is 0 Å². The third-order valence-electron chi connectivity index (χ3n) is 2.93. The Morgan fingerprint density at radius 3 is 2.58 bits per heavy atom. The first-order chi connectivity index (χ1) is 8.78. The van der Waals surface area contributed by atoms with Crippen molar-refractivity contribution >= 4 is 11.4 Å². The molecule has 0 bridgehead atoms. The second-order valence-corrected chi connectivity index (χ2v) is 5.43. The normalized spacial score (nSPS) is 17.2. The lowest BCUT2D eigenvalue weighted by atomic mass is 9.96. The van der Waals surface area contributed by atoms with E-state index >= 15 is 0 Å². The van der Waals surface area contributed by atoms with Crippen LogP contribution in [0.3, 0.4) is 0 Å². The molecule has 19 heavy (non-hydrogen) atoms. The molecule has 1 aromatic carbocycles. The molecule has 1 saturated heterocycles. The summed E-state index contributed by atoms with van der Waals surface area (Å²) in [6, 6.07) is 4.79. The summed E-state index contributed by atoms with van der Waals surface area (Å²) < 4.78 is 5.49. The SMILES string of the molecule is CC(C)Oc1cc(N2CC(C)(O)C2)ccc1[N+](=O)[O-]. The van der Waals surface area contributed by atoms with Gasteiger partial charge in [0.2, 0.25) is 0 Å². The van der Waals surface area contributed by atoms with Crippen LogP contribution in [0, 0.1) is 10.1 Å². The number of β-amino-alcohol motifs (C(OH)–C–C–N with tert-alkyl or cyclic N) is 1. The third-order valence-corrected chi connectivity index (χ3v) is 2.93. The van der Waals surface area contributed by atoms with E-state index in [0.29, 0.717) is 13.1 Å². The van der Waals surface area contributed by atoms with Crippen LogP contribution < -0.4 is 9.64 Å². The van der Waals surface area contributed by atoms with Crippen molar-refractivity contribution in [3.63, 3.8) is 0 Å². The first-order valence-electron chi connectivity index (χ1n) is 6.21. The third kappa shape index (κ3) is 2.96. The summed E-state index contributed by atoms with van der Waals surface area (Å²) in [4.78, 5) is 12.4. The second-order valence-electron chi connectivity index (χ2n) is 5.43. The molecule has 0 saturated carbocycles.